The van der Waals surface area contributed by atoms with E-state index in [1.54, 1.807) is 17.7 Å². The van der Waals surface area contributed by atoms with Crippen LogP contribution in [0.25, 0.3) is 22.1 Å². The zero-order valence-corrected chi connectivity index (χ0v) is 19.3. The van der Waals surface area contributed by atoms with Gasteiger partial charge in [-0.25, -0.2) is 14.6 Å². The molecule has 0 aliphatic carbocycles. The summed E-state index contributed by atoms with van der Waals surface area (Å²) >= 11 is 1.68. The van der Waals surface area contributed by atoms with Crippen LogP contribution in [0.2, 0.25) is 0 Å². The fraction of sp³-hybridized carbons (Fsp3) is 0.478. The third-order valence-electron chi connectivity index (χ3n) is 6.23. The normalized spacial score (nSPS) is 17.0. The van der Waals surface area contributed by atoms with Crippen LogP contribution in [0.4, 0.5) is 0 Å². The molecular formula is C23H28N6O2S. The van der Waals surface area contributed by atoms with Gasteiger partial charge in [-0.15, -0.1) is 11.3 Å². The summed E-state index contributed by atoms with van der Waals surface area (Å²) in [6, 6.07) is 6.75. The highest BCUT2D eigenvalue weighted by Gasteiger charge is 2.26. The van der Waals surface area contributed by atoms with Crippen LogP contribution in [0.3, 0.4) is 0 Å². The van der Waals surface area contributed by atoms with Gasteiger partial charge in [-0.2, -0.15) is 5.10 Å². The van der Waals surface area contributed by atoms with Gasteiger partial charge in [0, 0.05) is 22.9 Å². The van der Waals surface area contributed by atoms with Gasteiger partial charge in [-0.3, -0.25) is 9.69 Å². The molecular weight excluding hydrogens is 424 g/mol. The molecule has 0 radical (unpaired) electrons. The van der Waals surface area contributed by atoms with E-state index in [0.29, 0.717) is 19.1 Å². The molecule has 2 aliphatic rings. The summed E-state index contributed by atoms with van der Waals surface area (Å²) in [4.78, 5) is 24.1. The third-order valence-corrected chi connectivity index (χ3v) is 7.35. The van der Waals surface area contributed by atoms with Crippen LogP contribution in [0, 0.1) is 0 Å². The Balaban J connectivity index is 1.45. The smallest absolute Gasteiger partial charge is 0.231 e. The topological polar surface area (TPSA) is 99.2 Å². The van der Waals surface area contributed by atoms with Gasteiger partial charge in [-0.05, 0) is 63.4 Å². The van der Waals surface area contributed by atoms with E-state index in [2.05, 4.69) is 47.0 Å². The molecule has 2 N–H and O–H groups in total. The number of thiazole rings is 1. The number of amides is 1. The van der Waals surface area contributed by atoms with Crippen LogP contribution in [-0.4, -0.2) is 56.8 Å². The molecule has 1 aromatic carbocycles. The van der Waals surface area contributed by atoms with Crippen molar-refractivity contribution in [2.75, 3.05) is 26.2 Å². The summed E-state index contributed by atoms with van der Waals surface area (Å²) < 4.78 is 7.98. The van der Waals surface area contributed by atoms with Gasteiger partial charge in [-0.1, -0.05) is 6.07 Å². The average Bonchev–Trinajstić information content (AvgIpc) is 3.38. The number of aromatic nitrogens is 4. The largest absolute Gasteiger partial charge is 0.493 e. The Labute approximate surface area is 191 Å². The maximum absolute atomic E-state index is 11.2. The first-order valence-corrected chi connectivity index (χ1v) is 12.0. The lowest BCUT2D eigenvalue weighted by atomic mass is 9.88. The van der Waals surface area contributed by atoms with Crippen LogP contribution in [0.5, 0.6) is 5.75 Å². The lowest BCUT2D eigenvalue weighted by Gasteiger charge is -2.31. The van der Waals surface area contributed by atoms with Crippen molar-refractivity contribution >= 4 is 17.2 Å². The SMILES string of the molecule is CC(C)n1ncnc1-c1nc2c(s1)CCOc1ccc(C3CCN(CC(N)=O)CC3)cc1-2. The monoisotopic (exact) mass is 452 g/mol. The molecule has 9 heteroatoms. The van der Waals surface area contributed by atoms with Crippen molar-refractivity contribution in [3.05, 3.63) is 35.0 Å². The maximum Gasteiger partial charge on any atom is 0.231 e. The summed E-state index contributed by atoms with van der Waals surface area (Å²) in [5.41, 5.74) is 8.73. The number of benzene rings is 1. The number of hydrogen-bond acceptors (Lipinski definition) is 7. The molecule has 4 heterocycles. The van der Waals surface area contributed by atoms with Crippen molar-refractivity contribution < 1.29 is 9.53 Å². The molecule has 1 fully saturated rings. The summed E-state index contributed by atoms with van der Waals surface area (Å²) in [7, 11) is 0. The number of hydrogen-bond donors (Lipinski definition) is 1. The highest BCUT2D eigenvalue weighted by molar-refractivity contribution is 7.15. The Morgan fingerprint density at radius 3 is 2.88 bits per heavy atom. The molecule has 8 nitrogen and oxygen atoms in total. The van der Waals surface area contributed by atoms with E-state index in [-0.39, 0.29) is 11.9 Å². The first-order valence-electron chi connectivity index (χ1n) is 11.2. The highest BCUT2D eigenvalue weighted by Crippen LogP contribution is 2.42. The van der Waals surface area contributed by atoms with E-state index in [4.69, 9.17) is 15.5 Å². The van der Waals surface area contributed by atoms with E-state index >= 15 is 0 Å². The van der Waals surface area contributed by atoms with E-state index in [9.17, 15) is 4.79 Å². The Hall–Kier alpha value is -2.78. The van der Waals surface area contributed by atoms with Gasteiger partial charge in [0.2, 0.25) is 5.91 Å². The number of rotatable bonds is 5. The maximum atomic E-state index is 11.2. The van der Waals surface area contributed by atoms with Crippen molar-refractivity contribution in [1.82, 2.24) is 24.6 Å². The van der Waals surface area contributed by atoms with Gasteiger partial charge in [0.15, 0.2) is 10.8 Å². The predicted octanol–water partition coefficient (Wildman–Crippen LogP) is 3.25. The zero-order valence-electron chi connectivity index (χ0n) is 18.5. The second-order valence-electron chi connectivity index (χ2n) is 8.78. The minimum Gasteiger partial charge on any atom is -0.493 e. The standard InChI is InChI=1S/C23H28N6O2S/c1-14(2)29-22(25-13-26-29)23-27-21-17-11-16(3-4-18(17)31-10-7-19(21)32-23)15-5-8-28(9-6-15)12-20(24)30/h3-4,11,13-15H,5-10,12H2,1-2H3,(H2,24,30). The number of likely N-dealkylation sites (tertiary alicyclic amines) is 1. The molecule has 2 aliphatic heterocycles. The Bertz CT molecular complexity index is 1130. The number of nitrogens with two attached hydrogens (primary N) is 1. The molecule has 2 aromatic heterocycles. The molecule has 0 bridgehead atoms. The second-order valence-corrected chi connectivity index (χ2v) is 9.87. The summed E-state index contributed by atoms with van der Waals surface area (Å²) in [6.45, 7) is 6.96. The van der Waals surface area contributed by atoms with Gasteiger partial charge < -0.3 is 10.5 Å². The van der Waals surface area contributed by atoms with Gasteiger partial charge in [0.05, 0.1) is 18.8 Å². The quantitative estimate of drug-likeness (QED) is 0.638. The molecule has 1 saturated heterocycles. The van der Waals surface area contributed by atoms with Crippen molar-refractivity contribution in [1.29, 1.82) is 0 Å². The number of nitrogens with zero attached hydrogens (tertiary/aromatic N) is 5. The number of carbonyl (C=O) groups excluding carboxylic acids is 1. The molecule has 32 heavy (non-hydrogen) atoms. The van der Waals surface area contributed by atoms with Gasteiger partial charge >= 0.3 is 0 Å². The average molecular weight is 453 g/mol. The number of primary amides is 1. The Kier molecular flexibility index (Phi) is 5.69. The van der Waals surface area contributed by atoms with Crippen molar-refractivity contribution in [3.8, 4) is 27.8 Å². The van der Waals surface area contributed by atoms with Gasteiger partial charge in [0.25, 0.3) is 0 Å². The number of ether oxygens (including phenoxy) is 1. The summed E-state index contributed by atoms with van der Waals surface area (Å²) in [5, 5.41) is 5.28. The second kappa shape index (κ2) is 8.63. The van der Waals surface area contributed by atoms with E-state index < -0.39 is 0 Å². The van der Waals surface area contributed by atoms with Crippen LogP contribution < -0.4 is 10.5 Å². The highest BCUT2D eigenvalue weighted by atomic mass is 32.1. The Morgan fingerprint density at radius 2 is 2.12 bits per heavy atom. The molecule has 3 aromatic rings. The van der Waals surface area contributed by atoms with Crippen LogP contribution in [-0.2, 0) is 11.2 Å². The lowest BCUT2D eigenvalue weighted by Crippen LogP contribution is -2.39. The molecule has 168 valence electrons. The third kappa shape index (κ3) is 4.02. The number of piperidine rings is 1. The molecule has 1 amide bonds. The minimum atomic E-state index is -0.259. The summed E-state index contributed by atoms with van der Waals surface area (Å²) in [5.74, 6) is 1.91. The Morgan fingerprint density at radius 1 is 1.31 bits per heavy atom. The first kappa shape index (κ1) is 21.1. The molecule has 0 atom stereocenters. The lowest BCUT2D eigenvalue weighted by molar-refractivity contribution is -0.119. The first-order chi connectivity index (χ1) is 15.5. The number of carbonyl (C=O) groups is 1. The van der Waals surface area contributed by atoms with E-state index in [1.807, 2.05) is 4.68 Å². The van der Waals surface area contributed by atoms with Crippen molar-refractivity contribution in [2.24, 2.45) is 5.73 Å². The zero-order chi connectivity index (χ0) is 22.2. The fourth-order valence-electron chi connectivity index (χ4n) is 4.62. The fourth-order valence-corrected chi connectivity index (χ4v) is 5.66. The molecule has 5 rings (SSSR count). The van der Waals surface area contributed by atoms with E-state index in [0.717, 1.165) is 60.2 Å². The van der Waals surface area contributed by atoms with Crippen LogP contribution in [0.1, 0.15) is 49.1 Å². The predicted molar refractivity (Wildman–Crippen MR) is 124 cm³/mol. The van der Waals surface area contributed by atoms with Crippen LogP contribution in [0.15, 0.2) is 24.5 Å². The molecule has 0 saturated carbocycles. The summed E-state index contributed by atoms with van der Waals surface area (Å²) in [6.07, 6.45) is 4.46. The number of fused-ring (bicyclic) bond motifs is 3. The van der Waals surface area contributed by atoms with Gasteiger partial charge in [0.1, 0.15) is 12.1 Å². The van der Waals surface area contributed by atoms with Crippen molar-refractivity contribution in [2.45, 2.75) is 45.1 Å². The minimum absolute atomic E-state index is 0.221. The molecule has 0 spiro atoms. The van der Waals surface area contributed by atoms with E-state index in [1.165, 1.54) is 10.4 Å². The van der Waals surface area contributed by atoms with Crippen molar-refractivity contribution in [3.63, 3.8) is 0 Å². The van der Waals surface area contributed by atoms with Crippen LogP contribution >= 0.6 is 11.3 Å². The molecule has 0 unspecified atom stereocenters.